The SMILES string of the molecule is Cc1[nH]nc2c1c(=O)[nH]c1ccc(O[Si](c3ccccc3)(c3ccccc3)C(C)(C)C)cc12. The Hall–Kier alpha value is -3.64. The van der Waals surface area contributed by atoms with Crippen molar-refractivity contribution >= 4 is 40.5 Å². The van der Waals surface area contributed by atoms with Gasteiger partial charge in [0.25, 0.3) is 5.56 Å². The fourth-order valence-corrected chi connectivity index (χ4v) is 9.22. The van der Waals surface area contributed by atoms with Gasteiger partial charge in [-0.1, -0.05) is 81.4 Å². The third kappa shape index (κ3) is 3.38. The molecule has 6 heteroatoms. The van der Waals surface area contributed by atoms with Crippen LogP contribution < -0.4 is 20.4 Å². The zero-order chi connectivity index (χ0) is 23.2. The summed E-state index contributed by atoms with van der Waals surface area (Å²) < 4.78 is 7.14. The maximum Gasteiger partial charge on any atom is 0.319 e. The van der Waals surface area contributed by atoms with E-state index in [2.05, 4.69) is 84.5 Å². The van der Waals surface area contributed by atoms with Crippen LogP contribution in [0.25, 0.3) is 21.8 Å². The number of aryl methyl sites for hydroxylation is 1. The minimum atomic E-state index is -2.75. The Morgan fingerprint density at radius 1 is 0.879 bits per heavy atom. The summed E-state index contributed by atoms with van der Waals surface area (Å²) in [6, 6.07) is 27.0. The molecule has 0 atom stereocenters. The van der Waals surface area contributed by atoms with Crippen molar-refractivity contribution in [1.82, 2.24) is 15.2 Å². The van der Waals surface area contributed by atoms with Crippen LogP contribution in [-0.4, -0.2) is 23.5 Å². The van der Waals surface area contributed by atoms with Gasteiger partial charge in [0.05, 0.1) is 10.9 Å². The molecule has 0 amide bonds. The van der Waals surface area contributed by atoms with E-state index in [0.29, 0.717) is 10.9 Å². The maximum absolute atomic E-state index is 12.5. The molecule has 0 spiro atoms. The van der Waals surface area contributed by atoms with Crippen LogP contribution >= 0.6 is 0 Å². The molecule has 33 heavy (non-hydrogen) atoms. The molecule has 0 unspecified atom stereocenters. The molecule has 3 aromatic carbocycles. The minimum Gasteiger partial charge on any atom is -0.534 e. The zero-order valence-electron chi connectivity index (χ0n) is 19.3. The fourth-order valence-electron chi connectivity index (χ4n) is 4.80. The van der Waals surface area contributed by atoms with Crippen LogP contribution in [0.4, 0.5) is 0 Å². The first-order chi connectivity index (χ1) is 15.8. The molecule has 5 nitrogen and oxygen atoms in total. The minimum absolute atomic E-state index is 0.135. The van der Waals surface area contributed by atoms with Crippen LogP contribution in [0.2, 0.25) is 5.04 Å². The van der Waals surface area contributed by atoms with E-state index >= 15 is 0 Å². The predicted molar refractivity (Wildman–Crippen MR) is 137 cm³/mol. The smallest absolute Gasteiger partial charge is 0.319 e. The monoisotopic (exact) mass is 453 g/mol. The van der Waals surface area contributed by atoms with E-state index in [-0.39, 0.29) is 10.6 Å². The molecule has 0 bridgehead atoms. The van der Waals surface area contributed by atoms with Crippen molar-refractivity contribution in [3.63, 3.8) is 0 Å². The average molecular weight is 454 g/mol. The van der Waals surface area contributed by atoms with Gasteiger partial charge in [-0.05, 0) is 40.5 Å². The summed E-state index contributed by atoms with van der Waals surface area (Å²) in [5, 5.41) is 11.1. The van der Waals surface area contributed by atoms with Crippen molar-refractivity contribution in [1.29, 1.82) is 0 Å². The van der Waals surface area contributed by atoms with Gasteiger partial charge in [-0.3, -0.25) is 9.89 Å². The van der Waals surface area contributed by atoms with Crippen molar-refractivity contribution in [2.45, 2.75) is 32.7 Å². The molecule has 2 aromatic heterocycles. The number of aromatic nitrogens is 3. The third-order valence-electron chi connectivity index (χ3n) is 6.36. The number of hydrogen-bond acceptors (Lipinski definition) is 3. The summed E-state index contributed by atoms with van der Waals surface area (Å²) >= 11 is 0. The van der Waals surface area contributed by atoms with E-state index in [1.54, 1.807) is 0 Å². The van der Waals surface area contributed by atoms with Gasteiger partial charge in [0.1, 0.15) is 11.3 Å². The van der Waals surface area contributed by atoms with Gasteiger partial charge in [0, 0.05) is 11.1 Å². The molecule has 0 aliphatic rings. The van der Waals surface area contributed by atoms with Crippen LogP contribution in [-0.2, 0) is 0 Å². The fraction of sp³-hybridized carbons (Fsp3) is 0.185. The molecule has 5 rings (SSSR count). The third-order valence-corrected chi connectivity index (χ3v) is 11.3. The standard InChI is InChI=1S/C27H27N3O2Si/c1-18-24-25(30-29-18)22-17-19(15-16-23(22)28-26(24)31)32-33(27(2,3)4,20-11-7-5-8-12-20)21-13-9-6-10-14-21/h5-17H,1-4H3,(H,28,31)(H,29,30). The van der Waals surface area contributed by atoms with E-state index in [4.69, 9.17) is 4.43 Å². The van der Waals surface area contributed by atoms with Crippen LogP contribution in [0, 0.1) is 6.92 Å². The molecular weight excluding hydrogens is 426 g/mol. The second-order valence-electron chi connectivity index (χ2n) is 9.50. The topological polar surface area (TPSA) is 70.8 Å². The number of benzene rings is 3. The second-order valence-corrected chi connectivity index (χ2v) is 13.7. The highest BCUT2D eigenvalue weighted by atomic mass is 28.4. The van der Waals surface area contributed by atoms with Gasteiger partial charge >= 0.3 is 8.32 Å². The lowest BCUT2D eigenvalue weighted by atomic mass is 10.1. The summed E-state index contributed by atoms with van der Waals surface area (Å²) in [6.07, 6.45) is 0. The molecule has 0 fully saturated rings. The highest BCUT2D eigenvalue weighted by molar-refractivity contribution is 7.00. The number of hydrogen-bond donors (Lipinski definition) is 2. The van der Waals surface area contributed by atoms with E-state index in [9.17, 15) is 4.79 Å². The Morgan fingerprint density at radius 3 is 2.06 bits per heavy atom. The molecule has 0 radical (unpaired) electrons. The van der Waals surface area contributed by atoms with Crippen molar-refractivity contribution < 1.29 is 4.43 Å². The Kier molecular flexibility index (Phi) is 4.98. The van der Waals surface area contributed by atoms with E-state index < -0.39 is 8.32 Å². The van der Waals surface area contributed by atoms with Crippen LogP contribution in [0.5, 0.6) is 5.75 Å². The van der Waals surface area contributed by atoms with Gasteiger partial charge in [-0.2, -0.15) is 5.10 Å². The highest BCUT2D eigenvalue weighted by Crippen LogP contribution is 2.38. The maximum atomic E-state index is 12.5. The molecule has 2 heterocycles. The van der Waals surface area contributed by atoms with Gasteiger partial charge in [-0.25, -0.2) is 0 Å². The summed E-state index contributed by atoms with van der Waals surface area (Å²) in [4.78, 5) is 15.5. The molecule has 0 aliphatic heterocycles. The zero-order valence-corrected chi connectivity index (χ0v) is 20.3. The number of rotatable bonds is 4. The number of pyridine rings is 1. The highest BCUT2D eigenvalue weighted by Gasteiger charge is 2.52. The average Bonchev–Trinajstić information content (AvgIpc) is 3.20. The van der Waals surface area contributed by atoms with E-state index in [0.717, 1.165) is 22.3 Å². The second kappa shape index (κ2) is 7.74. The molecular formula is C27H27N3O2Si. The van der Waals surface area contributed by atoms with E-state index in [1.807, 2.05) is 37.3 Å². The number of fused-ring (bicyclic) bond motifs is 3. The van der Waals surface area contributed by atoms with Crippen LogP contribution in [0.3, 0.4) is 0 Å². The molecule has 5 aromatic rings. The van der Waals surface area contributed by atoms with Crippen molar-refractivity contribution in [2.24, 2.45) is 0 Å². The normalized spacial score (nSPS) is 12.4. The van der Waals surface area contributed by atoms with E-state index in [1.165, 1.54) is 10.4 Å². The van der Waals surface area contributed by atoms with Gasteiger partial charge < -0.3 is 9.41 Å². The Morgan fingerprint density at radius 2 is 1.48 bits per heavy atom. The summed E-state index contributed by atoms with van der Waals surface area (Å²) in [5.41, 5.74) is 2.03. The van der Waals surface area contributed by atoms with Crippen LogP contribution in [0.1, 0.15) is 26.5 Å². The number of H-pyrrole nitrogens is 2. The first-order valence-electron chi connectivity index (χ1n) is 11.1. The summed E-state index contributed by atoms with van der Waals surface area (Å²) in [5.74, 6) is 0.769. The number of aromatic amines is 2. The summed E-state index contributed by atoms with van der Waals surface area (Å²) in [7, 11) is -2.75. The Balaban J connectivity index is 1.76. The van der Waals surface area contributed by atoms with Gasteiger partial charge in [-0.15, -0.1) is 0 Å². The number of nitrogens with zero attached hydrogens (tertiary/aromatic N) is 1. The lowest BCUT2D eigenvalue weighted by molar-refractivity contribution is 0.509. The van der Waals surface area contributed by atoms with Gasteiger partial charge in [0.15, 0.2) is 0 Å². The van der Waals surface area contributed by atoms with Crippen molar-refractivity contribution in [2.75, 3.05) is 0 Å². The lowest BCUT2D eigenvalue weighted by Gasteiger charge is -2.43. The molecule has 0 aliphatic carbocycles. The van der Waals surface area contributed by atoms with Crippen molar-refractivity contribution in [3.05, 3.63) is 94.9 Å². The molecule has 0 saturated carbocycles. The molecule has 2 N–H and O–H groups in total. The Bertz CT molecular complexity index is 1460. The van der Waals surface area contributed by atoms with Crippen molar-refractivity contribution in [3.8, 4) is 5.75 Å². The van der Waals surface area contributed by atoms with Gasteiger partial charge in [0.2, 0.25) is 0 Å². The predicted octanol–water partition coefficient (Wildman–Crippen LogP) is 4.65. The number of nitrogens with one attached hydrogen (secondary N) is 2. The molecule has 166 valence electrons. The van der Waals surface area contributed by atoms with Crippen LogP contribution in [0.15, 0.2) is 83.7 Å². The lowest BCUT2D eigenvalue weighted by Crippen LogP contribution is -2.68. The first-order valence-corrected chi connectivity index (χ1v) is 13.0. The molecule has 0 saturated heterocycles. The summed E-state index contributed by atoms with van der Waals surface area (Å²) in [6.45, 7) is 8.63. The first kappa shape index (κ1) is 21.2. The Labute approximate surface area is 193 Å². The largest absolute Gasteiger partial charge is 0.534 e. The quantitative estimate of drug-likeness (QED) is 0.389.